The van der Waals surface area contributed by atoms with Gasteiger partial charge in [0.2, 0.25) is 0 Å². The maximum absolute atomic E-state index is 12.6. The first-order valence-corrected chi connectivity index (χ1v) is 9.61. The highest BCUT2D eigenvalue weighted by molar-refractivity contribution is 14.0. The zero-order valence-corrected chi connectivity index (χ0v) is 18.6. The van der Waals surface area contributed by atoms with Crippen LogP contribution in [0.5, 0.6) is 0 Å². The average Bonchev–Trinajstić information content (AvgIpc) is 3.03. The summed E-state index contributed by atoms with van der Waals surface area (Å²) in [6.07, 6.45) is 1.17. The second-order valence-electron chi connectivity index (χ2n) is 6.85. The highest BCUT2D eigenvalue weighted by Crippen LogP contribution is 2.30. The van der Waals surface area contributed by atoms with E-state index >= 15 is 0 Å². The molecule has 0 spiro atoms. The van der Waals surface area contributed by atoms with Crippen LogP contribution in [0, 0.1) is 11.8 Å². The molecular weight excluding hydrogens is 476 g/mol. The van der Waals surface area contributed by atoms with Crippen molar-refractivity contribution in [2.24, 2.45) is 16.8 Å². The first-order chi connectivity index (χ1) is 11.8. The van der Waals surface area contributed by atoms with Gasteiger partial charge in [0.25, 0.3) is 0 Å². The molecule has 0 aliphatic heterocycles. The van der Waals surface area contributed by atoms with Gasteiger partial charge in [-0.05, 0) is 24.7 Å². The van der Waals surface area contributed by atoms with Crippen molar-refractivity contribution < 1.29 is 13.2 Å². The SMILES string of the molecule is CN=C(NCCc1nc(C(F)(F)F)cs1)N(C)CC1CCC(C)CC1.I. The number of nitrogens with zero attached hydrogens (tertiary/aromatic N) is 3. The van der Waals surface area contributed by atoms with Gasteiger partial charge in [0, 0.05) is 39.0 Å². The number of guanidine groups is 1. The number of thiazole rings is 1. The van der Waals surface area contributed by atoms with E-state index in [-0.39, 0.29) is 24.0 Å². The number of hydrogen-bond donors (Lipinski definition) is 1. The van der Waals surface area contributed by atoms with E-state index in [1.165, 1.54) is 25.7 Å². The molecule has 150 valence electrons. The topological polar surface area (TPSA) is 40.5 Å². The molecule has 0 aromatic carbocycles. The van der Waals surface area contributed by atoms with E-state index in [9.17, 15) is 13.2 Å². The van der Waals surface area contributed by atoms with Crippen LogP contribution in [0.25, 0.3) is 0 Å². The van der Waals surface area contributed by atoms with E-state index in [0.717, 1.165) is 35.1 Å². The molecule has 26 heavy (non-hydrogen) atoms. The largest absolute Gasteiger partial charge is 0.434 e. The monoisotopic (exact) mass is 504 g/mol. The molecule has 1 heterocycles. The van der Waals surface area contributed by atoms with E-state index in [1.54, 1.807) is 7.05 Å². The number of halogens is 4. The predicted octanol–water partition coefficient (Wildman–Crippen LogP) is 4.66. The minimum atomic E-state index is -4.37. The normalized spacial score (nSPS) is 21.2. The van der Waals surface area contributed by atoms with Crippen LogP contribution in [0.3, 0.4) is 0 Å². The Morgan fingerprint density at radius 1 is 1.35 bits per heavy atom. The van der Waals surface area contributed by atoms with Gasteiger partial charge in [-0.3, -0.25) is 4.99 Å². The summed E-state index contributed by atoms with van der Waals surface area (Å²) in [5.74, 6) is 2.30. The Hall–Kier alpha value is -0.580. The molecule has 0 saturated heterocycles. The molecule has 0 radical (unpaired) electrons. The molecule has 1 fully saturated rings. The third kappa shape index (κ3) is 7.21. The van der Waals surface area contributed by atoms with Crippen LogP contribution >= 0.6 is 35.3 Å². The standard InChI is InChI=1S/C17H27F3N4S.HI/c1-12-4-6-13(7-5-12)10-24(3)16(21-2)22-9-8-15-23-14(11-25-15)17(18,19)20;/h11-13H,4-10H2,1-3H3,(H,21,22);1H. The Balaban J connectivity index is 0.00000338. The zero-order valence-electron chi connectivity index (χ0n) is 15.5. The highest BCUT2D eigenvalue weighted by Gasteiger charge is 2.33. The smallest absolute Gasteiger partial charge is 0.356 e. The van der Waals surface area contributed by atoms with Crippen LogP contribution in [0.1, 0.15) is 43.3 Å². The molecule has 1 N–H and O–H groups in total. The van der Waals surface area contributed by atoms with Gasteiger partial charge in [-0.15, -0.1) is 35.3 Å². The van der Waals surface area contributed by atoms with E-state index < -0.39 is 11.9 Å². The lowest BCUT2D eigenvalue weighted by atomic mass is 9.83. The molecule has 1 saturated carbocycles. The Morgan fingerprint density at radius 3 is 2.54 bits per heavy atom. The lowest BCUT2D eigenvalue weighted by molar-refractivity contribution is -0.140. The van der Waals surface area contributed by atoms with Crippen LogP contribution in [-0.4, -0.2) is 43.0 Å². The second-order valence-corrected chi connectivity index (χ2v) is 7.80. The van der Waals surface area contributed by atoms with Gasteiger partial charge in [0.05, 0.1) is 5.01 Å². The second kappa shape index (κ2) is 10.7. The molecule has 1 aliphatic carbocycles. The fourth-order valence-corrected chi connectivity index (χ4v) is 4.01. The summed E-state index contributed by atoms with van der Waals surface area (Å²) >= 11 is 1.05. The van der Waals surface area contributed by atoms with Crippen molar-refractivity contribution in [3.05, 3.63) is 16.1 Å². The summed E-state index contributed by atoms with van der Waals surface area (Å²) in [5, 5.41) is 4.78. The first kappa shape index (κ1) is 23.5. The number of alkyl halides is 3. The summed E-state index contributed by atoms with van der Waals surface area (Å²) in [5.41, 5.74) is -0.805. The predicted molar refractivity (Wildman–Crippen MR) is 111 cm³/mol. The van der Waals surface area contributed by atoms with Gasteiger partial charge >= 0.3 is 6.18 Å². The van der Waals surface area contributed by atoms with Gasteiger partial charge < -0.3 is 10.2 Å². The number of rotatable bonds is 5. The molecule has 2 rings (SSSR count). The van der Waals surface area contributed by atoms with Crippen molar-refractivity contribution >= 4 is 41.3 Å². The van der Waals surface area contributed by atoms with Gasteiger partial charge in [0.1, 0.15) is 0 Å². The summed E-state index contributed by atoms with van der Waals surface area (Å²) in [6, 6.07) is 0. The van der Waals surface area contributed by atoms with Crippen LogP contribution in [0.15, 0.2) is 10.4 Å². The highest BCUT2D eigenvalue weighted by atomic mass is 127. The summed E-state index contributed by atoms with van der Waals surface area (Å²) in [7, 11) is 3.74. The van der Waals surface area contributed by atoms with Crippen molar-refractivity contribution in [2.75, 3.05) is 27.2 Å². The van der Waals surface area contributed by atoms with Crippen molar-refractivity contribution in [3.63, 3.8) is 0 Å². The van der Waals surface area contributed by atoms with Crippen molar-refractivity contribution in [2.45, 2.75) is 45.2 Å². The van der Waals surface area contributed by atoms with Gasteiger partial charge in [-0.2, -0.15) is 13.2 Å². The third-order valence-electron chi connectivity index (χ3n) is 4.71. The quantitative estimate of drug-likeness (QED) is 0.361. The molecule has 9 heteroatoms. The minimum Gasteiger partial charge on any atom is -0.356 e. The molecule has 1 aromatic rings. The molecule has 1 aliphatic rings. The first-order valence-electron chi connectivity index (χ1n) is 8.73. The van der Waals surface area contributed by atoms with Crippen molar-refractivity contribution in [1.82, 2.24) is 15.2 Å². The summed E-state index contributed by atoms with van der Waals surface area (Å²) in [6.45, 7) is 3.79. The maximum atomic E-state index is 12.6. The number of nitrogens with one attached hydrogen (secondary N) is 1. The number of hydrogen-bond acceptors (Lipinski definition) is 3. The Morgan fingerprint density at radius 2 is 2.00 bits per heavy atom. The summed E-state index contributed by atoms with van der Waals surface area (Å²) in [4.78, 5) is 10.0. The minimum absolute atomic E-state index is 0. The van der Waals surface area contributed by atoms with E-state index in [2.05, 4.69) is 27.1 Å². The van der Waals surface area contributed by atoms with Gasteiger partial charge in [-0.1, -0.05) is 19.8 Å². The molecule has 0 bridgehead atoms. The van der Waals surface area contributed by atoms with Crippen LogP contribution in [0.2, 0.25) is 0 Å². The molecule has 0 unspecified atom stereocenters. The van der Waals surface area contributed by atoms with E-state index in [1.807, 2.05) is 7.05 Å². The molecule has 1 aromatic heterocycles. The third-order valence-corrected chi connectivity index (χ3v) is 5.61. The zero-order chi connectivity index (χ0) is 18.4. The Kier molecular flexibility index (Phi) is 9.63. The van der Waals surface area contributed by atoms with Gasteiger partial charge in [0.15, 0.2) is 11.7 Å². The van der Waals surface area contributed by atoms with Crippen molar-refractivity contribution in [3.8, 4) is 0 Å². The van der Waals surface area contributed by atoms with Gasteiger partial charge in [-0.25, -0.2) is 4.98 Å². The van der Waals surface area contributed by atoms with Crippen LogP contribution < -0.4 is 5.32 Å². The van der Waals surface area contributed by atoms with E-state index in [0.29, 0.717) is 23.9 Å². The molecule has 0 amide bonds. The number of aromatic nitrogens is 1. The molecule has 0 atom stereocenters. The van der Waals surface area contributed by atoms with E-state index in [4.69, 9.17) is 0 Å². The van der Waals surface area contributed by atoms with Crippen LogP contribution in [0.4, 0.5) is 13.2 Å². The lowest BCUT2D eigenvalue weighted by Gasteiger charge is -2.31. The maximum Gasteiger partial charge on any atom is 0.434 e. The average molecular weight is 504 g/mol. The lowest BCUT2D eigenvalue weighted by Crippen LogP contribution is -2.42. The van der Waals surface area contributed by atoms with Crippen molar-refractivity contribution in [1.29, 1.82) is 0 Å². The molecular formula is C17H28F3IN4S. The fraction of sp³-hybridized carbons (Fsp3) is 0.765. The Labute approximate surface area is 174 Å². The summed E-state index contributed by atoms with van der Waals surface area (Å²) < 4.78 is 37.7. The Bertz CT molecular complexity index is 569. The number of aliphatic imine (C=N–C) groups is 1. The fourth-order valence-electron chi connectivity index (χ4n) is 3.21. The van der Waals surface area contributed by atoms with Crippen LogP contribution in [-0.2, 0) is 12.6 Å². The molecule has 4 nitrogen and oxygen atoms in total.